The summed E-state index contributed by atoms with van der Waals surface area (Å²) < 4.78 is 5.78. The van der Waals surface area contributed by atoms with Crippen LogP contribution in [0.1, 0.15) is 31.8 Å². The van der Waals surface area contributed by atoms with Gasteiger partial charge in [0.2, 0.25) is 5.91 Å². The summed E-state index contributed by atoms with van der Waals surface area (Å²) in [7, 11) is 0. The number of hydrogen-bond acceptors (Lipinski definition) is 6. The average molecular weight is 429 g/mol. The zero-order chi connectivity index (χ0) is 22.8. The van der Waals surface area contributed by atoms with Gasteiger partial charge in [0.15, 0.2) is 17.3 Å². The van der Waals surface area contributed by atoms with Crippen molar-refractivity contribution in [3.05, 3.63) is 95.1 Å². The fraction of sp³-hybridized carbons (Fsp3) is 0. The molecule has 1 aliphatic rings. The minimum Gasteiger partial charge on any atom is -0.507 e. The molecule has 158 valence electrons. The third-order valence-electron chi connectivity index (χ3n) is 4.74. The molecule has 0 aromatic heterocycles. The van der Waals surface area contributed by atoms with Crippen LogP contribution >= 0.6 is 0 Å². The number of carbonyl (C=O) groups excluding carboxylic acids is 3. The second-order valence-electron chi connectivity index (χ2n) is 6.80. The van der Waals surface area contributed by atoms with E-state index in [2.05, 4.69) is 5.32 Å². The molecular weight excluding hydrogens is 414 g/mol. The topological polar surface area (TPSA) is 130 Å². The number of fused-ring (bicyclic) bond motifs is 2. The van der Waals surface area contributed by atoms with Gasteiger partial charge in [-0.15, -0.1) is 0 Å². The van der Waals surface area contributed by atoms with Crippen LogP contribution in [0, 0.1) is 0 Å². The summed E-state index contributed by atoms with van der Waals surface area (Å²) in [5.41, 5.74) is -0.434. The number of carbonyl (C=O) groups is 4. The van der Waals surface area contributed by atoms with Gasteiger partial charge in [0.25, 0.3) is 0 Å². The Bertz CT molecular complexity index is 1310. The van der Waals surface area contributed by atoms with Gasteiger partial charge < -0.3 is 20.3 Å². The van der Waals surface area contributed by atoms with Crippen LogP contribution < -0.4 is 10.1 Å². The van der Waals surface area contributed by atoms with Crippen molar-refractivity contribution in [3.63, 3.8) is 0 Å². The highest BCUT2D eigenvalue weighted by Gasteiger charge is 2.36. The van der Waals surface area contributed by atoms with Gasteiger partial charge >= 0.3 is 5.97 Å². The van der Waals surface area contributed by atoms with Crippen LogP contribution in [-0.2, 0) is 9.59 Å². The predicted molar refractivity (Wildman–Crippen MR) is 113 cm³/mol. The fourth-order valence-corrected chi connectivity index (χ4v) is 3.38. The summed E-state index contributed by atoms with van der Waals surface area (Å²) in [6.07, 6.45) is 1.39. The van der Waals surface area contributed by atoms with Gasteiger partial charge in [0, 0.05) is 29.3 Å². The number of aromatic hydroxyl groups is 1. The number of ether oxygens (including phenoxy) is 1. The maximum Gasteiger partial charge on any atom is 0.328 e. The summed E-state index contributed by atoms with van der Waals surface area (Å²) in [5.74, 6) is -3.62. The monoisotopic (exact) mass is 429 g/mol. The maximum atomic E-state index is 13.3. The van der Waals surface area contributed by atoms with E-state index in [-0.39, 0.29) is 33.7 Å². The molecule has 0 saturated heterocycles. The van der Waals surface area contributed by atoms with E-state index < -0.39 is 29.2 Å². The number of aliphatic carboxylic acids is 1. The van der Waals surface area contributed by atoms with Gasteiger partial charge in [0.1, 0.15) is 11.5 Å². The molecule has 8 nitrogen and oxygen atoms in total. The Hall–Kier alpha value is -4.72. The first-order valence-electron chi connectivity index (χ1n) is 9.40. The van der Waals surface area contributed by atoms with Crippen LogP contribution in [0.5, 0.6) is 17.2 Å². The largest absolute Gasteiger partial charge is 0.507 e. The first kappa shape index (κ1) is 20.5. The Morgan fingerprint density at radius 2 is 1.44 bits per heavy atom. The number of amides is 1. The fourth-order valence-electron chi connectivity index (χ4n) is 3.38. The molecule has 32 heavy (non-hydrogen) atoms. The van der Waals surface area contributed by atoms with Crippen molar-refractivity contribution in [1.29, 1.82) is 0 Å². The van der Waals surface area contributed by atoms with Crippen LogP contribution in [0.25, 0.3) is 0 Å². The normalized spacial score (nSPS) is 12.2. The predicted octanol–water partition coefficient (Wildman–Crippen LogP) is 3.54. The van der Waals surface area contributed by atoms with Crippen LogP contribution in [0.3, 0.4) is 0 Å². The molecule has 1 amide bonds. The molecule has 1 aliphatic carbocycles. The third kappa shape index (κ3) is 3.72. The number of phenolic OH excluding ortho intramolecular Hbond substituents is 1. The lowest BCUT2D eigenvalue weighted by Gasteiger charge is -2.23. The van der Waals surface area contributed by atoms with Crippen LogP contribution in [0.15, 0.2) is 72.8 Å². The quantitative estimate of drug-likeness (QED) is 0.327. The van der Waals surface area contributed by atoms with E-state index in [0.29, 0.717) is 11.8 Å². The number of rotatable bonds is 5. The standard InChI is InChI=1S/C24H15NO7/c26-16-12-17(32-13-6-2-1-3-7-13)22(25-18(27)10-11-19(28)29)21-20(16)23(30)14-8-4-5-9-15(14)24(21)31/h1-12,26H,(H,25,27)(H,28,29)/b11-10-. The van der Waals surface area contributed by atoms with E-state index in [4.69, 9.17) is 9.84 Å². The van der Waals surface area contributed by atoms with Crippen molar-refractivity contribution >= 4 is 29.1 Å². The minimum atomic E-state index is -1.34. The van der Waals surface area contributed by atoms with Crippen LogP contribution in [0.2, 0.25) is 0 Å². The molecule has 0 spiro atoms. The van der Waals surface area contributed by atoms with E-state index in [9.17, 15) is 24.3 Å². The number of carboxylic acids is 1. The molecule has 8 heteroatoms. The van der Waals surface area contributed by atoms with Crippen molar-refractivity contribution in [2.45, 2.75) is 0 Å². The number of benzene rings is 3. The summed E-state index contributed by atoms with van der Waals surface area (Å²) >= 11 is 0. The Morgan fingerprint density at radius 1 is 0.844 bits per heavy atom. The van der Waals surface area contributed by atoms with E-state index >= 15 is 0 Å². The molecule has 3 N–H and O–H groups in total. The Morgan fingerprint density at radius 3 is 2.06 bits per heavy atom. The smallest absolute Gasteiger partial charge is 0.328 e. The molecule has 0 saturated carbocycles. The Balaban J connectivity index is 1.91. The lowest BCUT2D eigenvalue weighted by Crippen LogP contribution is -2.24. The highest BCUT2D eigenvalue weighted by Crippen LogP contribution is 2.44. The van der Waals surface area contributed by atoms with Crippen molar-refractivity contribution in [2.75, 3.05) is 5.32 Å². The zero-order valence-corrected chi connectivity index (χ0v) is 16.4. The molecule has 4 rings (SSSR count). The van der Waals surface area contributed by atoms with Gasteiger partial charge in [-0.25, -0.2) is 4.79 Å². The maximum absolute atomic E-state index is 13.3. The van der Waals surface area contributed by atoms with Gasteiger partial charge in [0.05, 0.1) is 16.8 Å². The number of hydrogen-bond donors (Lipinski definition) is 3. The molecule has 0 radical (unpaired) electrons. The molecule has 0 bridgehead atoms. The molecule has 0 atom stereocenters. The molecular formula is C24H15NO7. The van der Waals surface area contributed by atoms with Gasteiger partial charge in [-0.2, -0.15) is 0 Å². The lowest BCUT2D eigenvalue weighted by atomic mass is 9.82. The highest BCUT2D eigenvalue weighted by atomic mass is 16.5. The van der Waals surface area contributed by atoms with Crippen LogP contribution in [0.4, 0.5) is 5.69 Å². The molecule has 3 aromatic rings. The summed E-state index contributed by atoms with van der Waals surface area (Å²) in [4.78, 5) is 49.4. The van der Waals surface area contributed by atoms with Crippen molar-refractivity contribution in [2.24, 2.45) is 0 Å². The minimum absolute atomic E-state index is 0.0925. The van der Waals surface area contributed by atoms with Gasteiger partial charge in [-0.05, 0) is 12.1 Å². The molecule has 0 fully saturated rings. The number of nitrogens with one attached hydrogen (secondary N) is 1. The third-order valence-corrected chi connectivity index (χ3v) is 4.74. The first-order valence-corrected chi connectivity index (χ1v) is 9.40. The van der Waals surface area contributed by atoms with Gasteiger partial charge in [-0.3, -0.25) is 14.4 Å². The Kier molecular flexibility index (Phi) is 5.26. The number of anilines is 1. The Labute approximate surface area is 181 Å². The van der Waals surface area contributed by atoms with Crippen molar-refractivity contribution in [3.8, 4) is 17.2 Å². The summed E-state index contributed by atoms with van der Waals surface area (Å²) in [5, 5.41) is 21.8. The van der Waals surface area contributed by atoms with Crippen molar-refractivity contribution < 1.29 is 34.1 Å². The second-order valence-corrected chi connectivity index (χ2v) is 6.80. The SMILES string of the molecule is O=C(O)/C=C\C(=O)Nc1c(Oc2ccccc2)cc(O)c2c1C(=O)c1ccccc1C2=O. The number of ketones is 2. The summed E-state index contributed by atoms with van der Waals surface area (Å²) in [6.45, 7) is 0. The zero-order valence-electron chi connectivity index (χ0n) is 16.4. The van der Waals surface area contributed by atoms with E-state index in [1.54, 1.807) is 42.5 Å². The molecule has 0 heterocycles. The molecule has 0 aliphatic heterocycles. The first-order chi connectivity index (χ1) is 15.4. The number of carboxylic acid groups (broad SMARTS) is 1. The summed E-state index contributed by atoms with van der Waals surface area (Å²) in [6, 6.07) is 15.7. The molecule has 0 unspecified atom stereocenters. The van der Waals surface area contributed by atoms with E-state index in [1.807, 2.05) is 0 Å². The average Bonchev–Trinajstić information content (AvgIpc) is 2.78. The second kappa shape index (κ2) is 8.19. The van der Waals surface area contributed by atoms with Crippen molar-refractivity contribution in [1.82, 2.24) is 0 Å². The highest BCUT2D eigenvalue weighted by molar-refractivity contribution is 6.32. The number of para-hydroxylation sites is 1. The van der Waals surface area contributed by atoms with E-state index in [1.165, 1.54) is 12.1 Å². The number of phenols is 1. The molecule has 3 aromatic carbocycles. The van der Waals surface area contributed by atoms with Crippen LogP contribution in [-0.4, -0.2) is 33.7 Å². The lowest BCUT2D eigenvalue weighted by molar-refractivity contribution is -0.131. The van der Waals surface area contributed by atoms with E-state index in [0.717, 1.165) is 12.1 Å². The van der Waals surface area contributed by atoms with Gasteiger partial charge in [-0.1, -0.05) is 42.5 Å².